The van der Waals surface area contributed by atoms with Gasteiger partial charge >= 0.3 is 0 Å². The van der Waals surface area contributed by atoms with E-state index in [0.717, 1.165) is 25.8 Å². The molecule has 1 heterocycles. The summed E-state index contributed by atoms with van der Waals surface area (Å²) in [6.07, 6.45) is 3.16. The Morgan fingerprint density at radius 2 is 2.36 bits per heavy atom. The molecule has 0 saturated carbocycles. The Morgan fingerprint density at radius 1 is 1.64 bits per heavy atom. The molecule has 0 spiro atoms. The van der Waals surface area contributed by atoms with Crippen molar-refractivity contribution in [3.05, 3.63) is 0 Å². The van der Waals surface area contributed by atoms with E-state index in [-0.39, 0.29) is 11.9 Å². The molecule has 2 atom stereocenters. The maximum absolute atomic E-state index is 11.7. The van der Waals surface area contributed by atoms with Crippen LogP contribution in [0.15, 0.2) is 0 Å². The van der Waals surface area contributed by atoms with Crippen LogP contribution in [0.5, 0.6) is 0 Å². The lowest BCUT2D eigenvalue weighted by Crippen LogP contribution is -2.49. The van der Waals surface area contributed by atoms with Gasteiger partial charge in [-0.2, -0.15) is 5.26 Å². The maximum atomic E-state index is 11.7. The number of likely N-dealkylation sites (N-methyl/N-ethyl adjacent to an activating group) is 1. The number of nitriles is 1. The van der Waals surface area contributed by atoms with Gasteiger partial charge in [0.05, 0.1) is 12.1 Å². The topological polar surface area (TPSA) is 56.1 Å². The Hall–Kier alpha value is -1.08. The zero-order valence-corrected chi connectivity index (χ0v) is 8.79. The van der Waals surface area contributed by atoms with Crippen LogP contribution in [0.1, 0.15) is 26.2 Å². The molecule has 1 rings (SSSR count). The third kappa shape index (κ3) is 2.71. The Kier molecular flexibility index (Phi) is 3.90. The van der Waals surface area contributed by atoms with Crippen molar-refractivity contribution in [1.82, 2.24) is 10.2 Å². The summed E-state index contributed by atoms with van der Waals surface area (Å²) in [6.45, 7) is 2.67. The van der Waals surface area contributed by atoms with Crippen molar-refractivity contribution in [3.63, 3.8) is 0 Å². The summed E-state index contributed by atoms with van der Waals surface area (Å²) in [5, 5.41) is 11.3. The predicted molar refractivity (Wildman–Crippen MR) is 53.5 cm³/mol. The third-order valence-corrected chi connectivity index (χ3v) is 2.63. The van der Waals surface area contributed by atoms with E-state index in [1.54, 1.807) is 6.92 Å². The Morgan fingerprint density at radius 3 is 2.93 bits per heavy atom. The molecule has 1 saturated heterocycles. The molecule has 1 aliphatic rings. The van der Waals surface area contributed by atoms with Crippen molar-refractivity contribution in [1.29, 1.82) is 5.26 Å². The van der Waals surface area contributed by atoms with E-state index in [1.807, 2.05) is 13.1 Å². The van der Waals surface area contributed by atoms with Crippen molar-refractivity contribution >= 4 is 5.91 Å². The van der Waals surface area contributed by atoms with Crippen LogP contribution >= 0.6 is 0 Å². The zero-order valence-electron chi connectivity index (χ0n) is 8.79. The van der Waals surface area contributed by atoms with Gasteiger partial charge in [-0.05, 0) is 33.4 Å². The lowest BCUT2D eigenvalue weighted by molar-refractivity contribution is -0.127. The van der Waals surface area contributed by atoms with Gasteiger partial charge in [-0.1, -0.05) is 6.42 Å². The molecule has 78 valence electrons. The Bertz CT molecular complexity index is 246. The first-order valence-corrected chi connectivity index (χ1v) is 5.05. The lowest BCUT2D eigenvalue weighted by Gasteiger charge is -2.31. The van der Waals surface area contributed by atoms with E-state index >= 15 is 0 Å². The second-order valence-electron chi connectivity index (χ2n) is 3.85. The molecule has 0 radical (unpaired) electrons. The average Bonchev–Trinajstić information content (AvgIpc) is 2.18. The number of rotatable bonds is 2. The molecule has 0 aromatic carbocycles. The highest BCUT2D eigenvalue weighted by atomic mass is 16.2. The number of hydrogen-bond acceptors (Lipinski definition) is 3. The molecule has 4 heteroatoms. The van der Waals surface area contributed by atoms with E-state index in [0.29, 0.717) is 0 Å². The molecule has 1 N–H and O–H groups in total. The van der Waals surface area contributed by atoms with Crippen LogP contribution in [0.25, 0.3) is 0 Å². The van der Waals surface area contributed by atoms with Gasteiger partial charge in [0.1, 0.15) is 6.04 Å². The predicted octanol–water partition coefficient (Wildman–Crippen LogP) is 0.499. The molecule has 14 heavy (non-hydrogen) atoms. The van der Waals surface area contributed by atoms with Crippen molar-refractivity contribution in [2.45, 2.75) is 38.3 Å². The van der Waals surface area contributed by atoms with Gasteiger partial charge in [0, 0.05) is 0 Å². The number of carbonyl (C=O) groups is 1. The van der Waals surface area contributed by atoms with E-state index in [9.17, 15) is 4.79 Å². The Labute approximate surface area is 84.9 Å². The highest BCUT2D eigenvalue weighted by Crippen LogP contribution is 2.14. The first-order chi connectivity index (χ1) is 6.65. The van der Waals surface area contributed by atoms with Crippen LogP contribution in [0.2, 0.25) is 0 Å². The normalized spacial score (nSPS) is 25.1. The number of amides is 1. The van der Waals surface area contributed by atoms with Gasteiger partial charge in [0.2, 0.25) is 5.91 Å². The molecule has 0 bridgehead atoms. The molecule has 1 fully saturated rings. The fourth-order valence-corrected chi connectivity index (χ4v) is 1.75. The molecule has 1 amide bonds. The molecular weight excluding hydrogens is 178 g/mol. The largest absolute Gasteiger partial charge is 0.339 e. The molecule has 2 unspecified atom stereocenters. The summed E-state index contributed by atoms with van der Waals surface area (Å²) in [5.74, 6) is -0.0127. The number of carbonyl (C=O) groups excluding carboxylic acids is 1. The maximum Gasteiger partial charge on any atom is 0.238 e. The molecular formula is C10H17N3O. The minimum atomic E-state index is -0.391. The lowest BCUT2D eigenvalue weighted by atomic mass is 10.0. The standard InChI is InChI=1S/C10H17N3O/c1-8(7-11)12-10(14)9-5-3-4-6-13(9)2/h8-9H,3-6H2,1-2H3,(H,12,14). The van der Waals surface area contributed by atoms with Gasteiger partial charge in [0.25, 0.3) is 0 Å². The summed E-state index contributed by atoms with van der Waals surface area (Å²) in [6, 6.07) is 1.57. The van der Waals surface area contributed by atoms with E-state index in [2.05, 4.69) is 10.2 Å². The van der Waals surface area contributed by atoms with Gasteiger partial charge in [-0.15, -0.1) is 0 Å². The highest BCUT2D eigenvalue weighted by molar-refractivity contribution is 5.82. The van der Waals surface area contributed by atoms with Gasteiger partial charge in [0.15, 0.2) is 0 Å². The molecule has 0 aliphatic carbocycles. The number of nitrogens with one attached hydrogen (secondary N) is 1. The Balaban J connectivity index is 2.47. The van der Waals surface area contributed by atoms with Crippen molar-refractivity contribution < 1.29 is 4.79 Å². The van der Waals surface area contributed by atoms with Crippen molar-refractivity contribution in [3.8, 4) is 6.07 Å². The number of nitrogens with zero attached hydrogens (tertiary/aromatic N) is 2. The van der Waals surface area contributed by atoms with E-state index in [4.69, 9.17) is 5.26 Å². The van der Waals surface area contributed by atoms with Gasteiger partial charge < -0.3 is 5.32 Å². The zero-order chi connectivity index (χ0) is 10.6. The van der Waals surface area contributed by atoms with Crippen LogP contribution in [-0.4, -0.2) is 36.5 Å². The first kappa shape index (κ1) is 11.0. The average molecular weight is 195 g/mol. The quantitative estimate of drug-likeness (QED) is 0.698. The minimum Gasteiger partial charge on any atom is -0.339 e. The summed E-state index contributed by atoms with van der Waals surface area (Å²) >= 11 is 0. The van der Waals surface area contributed by atoms with Gasteiger partial charge in [-0.3, -0.25) is 9.69 Å². The van der Waals surface area contributed by atoms with E-state index < -0.39 is 6.04 Å². The number of piperidine rings is 1. The summed E-state index contributed by atoms with van der Waals surface area (Å²) in [7, 11) is 1.96. The third-order valence-electron chi connectivity index (χ3n) is 2.63. The molecule has 4 nitrogen and oxygen atoms in total. The molecule has 0 aromatic rings. The fourth-order valence-electron chi connectivity index (χ4n) is 1.75. The second kappa shape index (κ2) is 4.97. The number of hydrogen-bond donors (Lipinski definition) is 1. The van der Waals surface area contributed by atoms with Crippen LogP contribution in [0.4, 0.5) is 0 Å². The molecule has 0 aromatic heterocycles. The van der Waals surface area contributed by atoms with Crippen LogP contribution in [-0.2, 0) is 4.79 Å². The van der Waals surface area contributed by atoms with Crippen LogP contribution < -0.4 is 5.32 Å². The minimum absolute atomic E-state index is 0.0127. The van der Waals surface area contributed by atoms with Crippen LogP contribution in [0, 0.1) is 11.3 Å². The highest BCUT2D eigenvalue weighted by Gasteiger charge is 2.26. The van der Waals surface area contributed by atoms with Crippen LogP contribution in [0.3, 0.4) is 0 Å². The number of likely N-dealkylation sites (tertiary alicyclic amines) is 1. The summed E-state index contributed by atoms with van der Waals surface area (Å²) in [4.78, 5) is 13.7. The molecule has 1 aliphatic heterocycles. The smallest absolute Gasteiger partial charge is 0.238 e. The summed E-state index contributed by atoms with van der Waals surface area (Å²) < 4.78 is 0. The monoisotopic (exact) mass is 195 g/mol. The summed E-state index contributed by atoms with van der Waals surface area (Å²) in [5.41, 5.74) is 0. The first-order valence-electron chi connectivity index (χ1n) is 5.05. The van der Waals surface area contributed by atoms with Gasteiger partial charge in [-0.25, -0.2) is 0 Å². The van der Waals surface area contributed by atoms with Crippen molar-refractivity contribution in [2.75, 3.05) is 13.6 Å². The van der Waals surface area contributed by atoms with E-state index in [1.165, 1.54) is 0 Å². The fraction of sp³-hybridized carbons (Fsp3) is 0.800. The second-order valence-corrected chi connectivity index (χ2v) is 3.85. The SMILES string of the molecule is CC(C#N)NC(=O)C1CCCCN1C. The van der Waals surface area contributed by atoms with Crippen molar-refractivity contribution in [2.24, 2.45) is 0 Å².